The number of nitrogens with zero attached hydrogens (tertiary/aromatic N) is 3. The molecule has 5 nitrogen and oxygen atoms in total. The second-order valence-electron chi connectivity index (χ2n) is 7.00. The number of amides is 1. The average molecular weight is 425 g/mol. The number of fused-ring (bicyclic) bond motifs is 1. The van der Waals surface area contributed by atoms with Gasteiger partial charge in [0.25, 0.3) is 0 Å². The first-order valence-corrected chi connectivity index (χ1v) is 10.5. The third-order valence-electron chi connectivity index (χ3n) is 4.70. The molecule has 29 heavy (non-hydrogen) atoms. The lowest BCUT2D eigenvalue weighted by atomic mass is 10.2. The van der Waals surface area contributed by atoms with Crippen molar-refractivity contribution in [3.8, 4) is 11.3 Å². The van der Waals surface area contributed by atoms with Gasteiger partial charge in [-0.1, -0.05) is 23.7 Å². The molecule has 0 saturated heterocycles. The highest BCUT2D eigenvalue weighted by molar-refractivity contribution is 7.15. The number of rotatable bonds is 6. The molecule has 2 aromatic carbocycles. The Kier molecular flexibility index (Phi) is 5.56. The maximum atomic E-state index is 12.4. The predicted octanol–water partition coefficient (Wildman–Crippen LogP) is 5.35. The lowest BCUT2D eigenvalue weighted by Gasteiger charge is -2.13. The summed E-state index contributed by atoms with van der Waals surface area (Å²) in [6, 6.07) is 15.5. The van der Waals surface area contributed by atoms with Crippen molar-refractivity contribution in [2.75, 3.05) is 24.3 Å². The molecular weight excluding hydrogens is 404 g/mol. The molecule has 0 radical (unpaired) electrons. The average Bonchev–Trinajstić information content (AvgIpc) is 3.28. The van der Waals surface area contributed by atoms with Gasteiger partial charge in [0.1, 0.15) is 0 Å². The summed E-state index contributed by atoms with van der Waals surface area (Å²) >= 11 is 7.55. The lowest BCUT2D eigenvalue weighted by molar-refractivity contribution is -0.116. The number of hydrogen-bond donors (Lipinski definition) is 1. The topological polar surface area (TPSA) is 49.6 Å². The highest BCUT2D eigenvalue weighted by atomic mass is 35.5. The van der Waals surface area contributed by atoms with Gasteiger partial charge < -0.3 is 10.2 Å². The number of thiazole rings is 1. The van der Waals surface area contributed by atoms with Crippen molar-refractivity contribution in [1.29, 1.82) is 0 Å². The van der Waals surface area contributed by atoms with E-state index in [0.29, 0.717) is 17.9 Å². The molecule has 2 aromatic heterocycles. The number of hydrogen-bond acceptors (Lipinski definition) is 4. The van der Waals surface area contributed by atoms with Crippen LogP contribution in [0.15, 0.2) is 60.1 Å². The van der Waals surface area contributed by atoms with Crippen LogP contribution in [0.3, 0.4) is 0 Å². The number of halogens is 1. The van der Waals surface area contributed by atoms with Crippen LogP contribution in [-0.4, -0.2) is 29.4 Å². The monoisotopic (exact) mass is 424 g/mol. The van der Waals surface area contributed by atoms with Crippen LogP contribution < -0.4 is 10.2 Å². The van der Waals surface area contributed by atoms with E-state index in [9.17, 15) is 4.79 Å². The van der Waals surface area contributed by atoms with Crippen LogP contribution in [0.4, 0.5) is 11.4 Å². The van der Waals surface area contributed by atoms with Gasteiger partial charge in [-0.3, -0.25) is 9.20 Å². The van der Waals surface area contributed by atoms with Gasteiger partial charge in [0, 0.05) is 59.7 Å². The summed E-state index contributed by atoms with van der Waals surface area (Å²) in [7, 11) is 3.98. The number of carbonyl (C=O) groups excluding carboxylic acids is 1. The van der Waals surface area contributed by atoms with Gasteiger partial charge in [-0.15, -0.1) is 11.3 Å². The third kappa shape index (κ3) is 4.44. The largest absolute Gasteiger partial charge is 0.378 e. The van der Waals surface area contributed by atoms with Gasteiger partial charge in [-0.2, -0.15) is 0 Å². The minimum absolute atomic E-state index is 0.00000640. The Morgan fingerprint density at radius 1 is 1.14 bits per heavy atom. The van der Waals surface area contributed by atoms with Crippen molar-refractivity contribution < 1.29 is 4.79 Å². The number of anilines is 2. The Labute approximate surface area is 178 Å². The Bertz CT molecular complexity index is 1130. The molecule has 0 aliphatic heterocycles. The van der Waals surface area contributed by atoms with Crippen LogP contribution in [0.5, 0.6) is 0 Å². The number of aryl methyl sites for hydroxylation is 1. The predicted molar refractivity (Wildman–Crippen MR) is 121 cm³/mol. The molecule has 0 saturated carbocycles. The van der Waals surface area contributed by atoms with Crippen molar-refractivity contribution in [2.45, 2.75) is 12.8 Å². The minimum Gasteiger partial charge on any atom is -0.378 e. The van der Waals surface area contributed by atoms with Gasteiger partial charge in [0.2, 0.25) is 5.91 Å². The molecule has 0 atom stereocenters. The van der Waals surface area contributed by atoms with Crippen molar-refractivity contribution in [1.82, 2.24) is 9.38 Å². The molecule has 148 valence electrons. The van der Waals surface area contributed by atoms with E-state index in [-0.39, 0.29) is 5.91 Å². The molecule has 0 aliphatic rings. The van der Waals surface area contributed by atoms with E-state index in [0.717, 1.165) is 33.3 Å². The summed E-state index contributed by atoms with van der Waals surface area (Å²) in [4.78, 5) is 20.0. The first-order chi connectivity index (χ1) is 14.0. The zero-order valence-electron chi connectivity index (χ0n) is 16.2. The van der Waals surface area contributed by atoms with Gasteiger partial charge in [-0.25, -0.2) is 4.98 Å². The molecule has 7 heteroatoms. The normalized spacial score (nSPS) is 11.0. The number of nitrogens with one attached hydrogen (secondary N) is 1. The maximum absolute atomic E-state index is 12.4. The quantitative estimate of drug-likeness (QED) is 0.453. The third-order valence-corrected chi connectivity index (χ3v) is 5.84. The standard InChI is InChI=1S/C22H21ClN4OS/c1-26(2)18-9-7-17(8-10-18)24-21(28)12-11-19-14-29-22-25-20(13-27(19)22)15-3-5-16(23)6-4-15/h3-10,13-14H,11-12H2,1-2H3,(H,24,28). The van der Waals surface area contributed by atoms with E-state index in [1.807, 2.05) is 73.7 Å². The molecule has 0 bridgehead atoms. The molecule has 4 aromatic rings. The van der Waals surface area contributed by atoms with Crippen molar-refractivity contribution in [3.05, 3.63) is 70.8 Å². The zero-order chi connectivity index (χ0) is 20.4. The number of imidazole rings is 1. The van der Waals surface area contributed by atoms with E-state index < -0.39 is 0 Å². The number of benzene rings is 2. The summed E-state index contributed by atoms with van der Waals surface area (Å²) in [5.74, 6) is -0.00000640. The highest BCUT2D eigenvalue weighted by Crippen LogP contribution is 2.25. The van der Waals surface area contributed by atoms with Crippen molar-refractivity contribution in [2.24, 2.45) is 0 Å². The zero-order valence-corrected chi connectivity index (χ0v) is 17.8. The smallest absolute Gasteiger partial charge is 0.224 e. The maximum Gasteiger partial charge on any atom is 0.224 e. The molecule has 2 heterocycles. The van der Waals surface area contributed by atoms with Gasteiger partial charge >= 0.3 is 0 Å². The molecule has 0 spiro atoms. The second kappa shape index (κ2) is 8.27. The molecule has 0 fully saturated rings. The number of aromatic nitrogens is 2. The van der Waals surface area contributed by atoms with Gasteiger partial charge in [0.15, 0.2) is 4.96 Å². The summed E-state index contributed by atoms with van der Waals surface area (Å²) in [6.45, 7) is 0. The Morgan fingerprint density at radius 3 is 2.55 bits per heavy atom. The second-order valence-corrected chi connectivity index (χ2v) is 8.28. The van der Waals surface area contributed by atoms with E-state index >= 15 is 0 Å². The first-order valence-electron chi connectivity index (χ1n) is 9.28. The van der Waals surface area contributed by atoms with Crippen LogP contribution in [0.2, 0.25) is 5.02 Å². The highest BCUT2D eigenvalue weighted by Gasteiger charge is 2.11. The molecule has 4 rings (SSSR count). The summed E-state index contributed by atoms with van der Waals surface area (Å²) in [6.07, 6.45) is 3.08. The fourth-order valence-corrected chi connectivity index (χ4v) is 4.11. The van der Waals surface area contributed by atoms with Crippen molar-refractivity contribution >= 4 is 45.2 Å². The van der Waals surface area contributed by atoms with Crippen LogP contribution in [0.1, 0.15) is 12.1 Å². The van der Waals surface area contributed by atoms with Crippen LogP contribution in [0, 0.1) is 0 Å². The number of carbonyl (C=O) groups is 1. The SMILES string of the molecule is CN(C)c1ccc(NC(=O)CCc2csc3nc(-c4ccc(Cl)cc4)cn23)cc1. The van der Waals surface area contributed by atoms with Crippen LogP contribution >= 0.6 is 22.9 Å². The molecular formula is C22H21ClN4OS. The molecule has 0 aliphatic carbocycles. The summed E-state index contributed by atoms with van der Waals surface area (Å²) < 4.78 is 2.06. The fourth-order valence-electron chi connectivity index (χ4n) is 3.08. The Hall–Kier alpha value is -2.83. The molecule has 1 amide bonds. The van der Waals surface area contributed by atoms with Crippen LogP contribution in [0.25, 0.3) is 16.2 Å². The fraction of sp³-hybridized carbons (Fsp3) is 0.182. The van der Waals surface area contributed by atoms with E-state index in [4.69, 9.17) is 11.6 Å². The van der Waals surface area contributed by atoms with Gasteiger partial charge in [0.05, 0.1) is 5.69 Å². The Balaban J connectivity index is 1.41. The lowest BCUT2D eigenvalue weighted by Crippen LogP contribution is -2.13. The summed E-state index contributed by atoms with van der Waals surface area (Å²) in [5, 5.41) is 5.73. The molecule has 1 N–H and O–H groups in total. The molecule has 0 unspecified atom stereocenters. The van der Waals surface area contributed by atoms with E-state index in [2.05, 4.69) is 20.1 Å². The minimum atomic E-state index is -0.00000640. The van der Waals surface area contributed by atoms with E-state index in [1.54, 1.807) is 11.3 Å². The van der Waals surface area contributed by atoms with Crippen molar-refractivity contribution in [3.63, 3.8) is 0 Å². The Morgan fingerprint density at radius 2 is 1.86 bits per heavy atom. The van der Waals surface area contributed by atoms with Crippen LogP contribution in [-0.2, 0) is 11.2 Å². The first kappa shape index (κ1) is 19.5. The van der Waals surface area contributed by atoms with Gasteiger partial charge in [-0.05, 0) is 42.8 Å². The summed E-state index contributed by atoms with van der Waals surface area (Å²) in [5.41, 5.74) is 4.91. The van der Waals surface area contributed by atoms with E-state index in [1.165, 1.54) is 0 Å².